The molecule has 0 bridgehead atoms. The van der Waals surface area contributed by atoms with E-state index in [1.54, 1.807) is 6.07 Å². The molecule has 4 heteroatoms. The van der Waals surface area contributed by atoms with E-state index in [0.29, 0.717) is 12.0 Å². The fraction of sp³-hybridized carbons (Fsp3) is 0.333. The molecule has 0 aliphatic heterocycles. The summed E-state index contributed by atoms with van der Waals surface area (Å²) in [5, 5.41) is 21.7. The molecule has 1 aromatic rings. The first-order valence-electron chi connectivity index (χ1n) is 4.98. The summed E-state index contributed by atoms with van der Waals surface area (Å²) in [6.07, 6.45) is 0.491. The lowest BCUT2D eigenvalue weighted by Gasteiger charge is -2.17. The van der Waals surface area contributed by atoms with Crippen LogP contribution in [-0.4, -0.2) is 11.9 Å². The van der Waals surface area contributed by atoms with Crippen molar-refractivity contribution in [3.05, 3.63) is 34.9 Å². The zero-order valence-electron chi connectivity index (χ0n) is 9.15. The molecule has 0 aromatic heterocycles. The largest absolute Gasteiger partial charge is 0.545 e. The van der Waals surface area contributed by atoms with Crippen molar-refractivity contribution >= 4 is 11.9 Å². The number of hydrogen-bond donors (Lipinski definition) is 0. The second-order valence-electron chi connectivity index (χ2n) is 4.01. The van der Waals surface area contributed by atoms with Crippen LogP contribution in [-0.2, 0) is 6.42 Å². The molecule has 0 amide bonds. The molecule has 1 rings (SSSR count). The molecule has 0 saturated carbocycles. The number of carboxylic acid groups (broad SMARTS) is 2. The van der Waals surface area contributed by atoms with Gasteiger partial charge >= 0.3 is 0 Å². The van der Waals surface area contributed by atoms with Gasteiger partial charge in [-0.15, -0.1) is 0 Å². The van der Waals surface area contributed by atoms with Gasteiger partial charge in [-0.2, -0.15) is 0 Å². The highest BCUT2D eigenvalue weighted by atomic mass is 16.4. The molecular formula is C12H12O4-2. The van der Waals surface area contributed by atoms with Gasteiger partial charge in [-0.05, 0) is 17.9 Å². The lowest BCUT2D eigenvalue weighted by molar-refractivity contribution is -0.259. The molecule has 4 nitrogen and oxygen atoms in total. The quantitative estimate of drug-likeness (QED) is 0.692. The highest BCUT2D eigenvalue weighted by Crippen LogP contribution is 2.17. The Balaban J connectivity index is 3.32. The van der Waals surface area contributed by atoms with Crippen LogP contribution >= 0.6 is 0 Å². The second-order valence-corrected chi connectivity index (χ2v) is 4.01. The van der Waals surface area contributed by atoms with Crippen LogP contribution in [0.2, 0.25) is 0 Å². The zero-order valence-corrected chi connectivity index (χ0v) is 9.15. The molecular weight excluding hydrogens is 208 g/mol. The van der Waals surface area contributed by atoms with Crippen LogP contribution in [0.3, 0.4) is 0 Å². The number of hydrogen-bond acceptors (Lipinski definition) is 4. The molecule has 0 N–H and O–H groups in total. The minimum absolute atomic E-state index is 0.232. The Morgan fingerprint density at radius 1 is 1.19 bits per heavy atom. The van der Waals surface area contributed by atoms with E-state index in [1.165, 1.54) is 12.1 Å². The molecule has 0 saturated heterocycles. The van der Waals surface area contributed by atoms with Crippen molar-refractivity contribution in [1.82, 2.24) is 0 Å². The molecule has 86 valence electrons. The fourth-order valence-electron chi connectivity index (χ4n) is 1.62. The summed E-state index contributed by atoms with van der Waals surface area (Å²) in [6.45, 7) is 3.84. The van der Waals surface area contributed by atoms with Gasteiger partial charge in [-0.25, -0.2) is 0 Å². The number of carboxylic acids is 2. The molecule has 0 heterocycles. The first-order chi connectivity index (χ1) is 7.43. The second kappa shape index (κ2) is 4.79. The Kier molecular flexibility index (Phi) is 3.66. The Bertz CT molecular complexity index is 421. The van der Waals surface area contributed by atoms with Gasteiger partial charge < -0.3 is 19.8 Å². The fourth-order valence-corrected chi connectivity index (χ4v) is 1.62. The van der Waals surface area contributed by atoms with E-state index in [1.807, 2.05) is 13.8 Å². The number of carbonyl (C=O) groups excluding carboxylic acids is 2. The van der Waals surface area contributed by atoms with Crippen LogP contribution in [0, 0.1) is 5.92 Å². The maximum atomic E-state index is 10.9. The van der Waals surface area contributed by atoms with Crippen molar-refractivity contribution in [2.75, 3.05) is 0 Å². The van der Waals surface area contributed by atoms with E-state index in [9.17, 15) is 19.8 Å². The van der Waals surface area contributed by atoms with Crippen molar-refractivity contribution in [3.8, 4) is 0 Å². The first-order valence-corrected chi connectivity index (χ1v) is 4.98. The van der Waals surface area contributed by atoms with Crippen LogP contribution < -0.4 is 10.2 Å². The minimum atomic E-state index is -1.50. The van der Waals surface area contributed by atoms with Gasteiger partial charge in [0.2, 0.25) is 0 Å². The van der Waals surface area contributed by atoms with Crippen LogP contribution in [0.25, 0.3) is 0 Å². The highest BCUT2D eigenvalue weighted by molar-refractivity contribution is 6.01. The zero-order chi connectivity index (χ0) is 12.3. The third-order valence-electron chi connectivity index (χ3n) is 2.20. The lowest BCUT2D eigenvalue weighted by Crippen LogP contribution is -2.31. The molecule has 0 aliphatic carbocycles. The maximum Gasteiger partial charge on any atom is 0.0724 e. The SMILES string of the molecule is CC(C)Cc1cccc(C(=O)[O-])c1C(=O)[O-]. The van der Waals surface area contributed by atoms with E-state index in [4.69, 9.17) is 0 Å². The lowest BCUT2D eigenvalue weighted by atomic mass is 9.94. The maximum absolute atomic E-state index is 10.9. The topological polar surface area (TPSA) is 80.3 Å². The Labute approximate surface area is 93.5 Å². The Hall–Kier alpha value is -1.84. The van der Waals surface area contributed by atoms with Crippen LogP contribution in [0.1, 0.15) is 40.1 Å². The van der Waals surface area contributed by atoms with Gasteiger partial charge in [-0.1, -0.05) is 32.0 Å². The Morgan fingerprint density at radius 3 is 2.25 bits per heavy atom. The molecule has 0 aliphatic rings. The molecule has 1 aromatic carbocycles. The third kappa shape index (κ3) is 2.59. The predicted molar refractivity (Wildman–Crippen MR) is 53.6 cm³/mol. The third-order valence-corrected chi connectivity index (χ3v) is 2.20. The van der Waals surface area contributed by atoms with Gasteiger partial charge in [-0.3, -0.25) is 0 Å². The van der Waals surface area contributed by atoms with Crippen molar-refractivity contribution in [2.24, 2.45) is 5.92 Å². The number of benzene rings is 1. The van der Waals surface area contributed by atoms with Gasteiger partial charge in [0.15, 0.2) is 0 Å². The number of rotatable bonds is 4. The summed E-state index contributed by atoms with van der Waals surface area (Å²) >= 11 is 0. The predicted octanol–water partition coefficient (Wildman–Crippen LogP) is -0.388. The van der Waals surface area contributed by atoms with Gasteiger partial charge in [0.1, 0.15) is 0 Å². The van der Waals surface area contributed by atoms with Crippen LogP contribution in [0.15, 0.2) is 18.2 Å². The normalized spacial score (nSPS) is 10.4. The summed E-state index contributed by atoms with van der Waals surface area (Å²) in [6, 6.07) is 4.32. The summed E-state index contributed by atoms with van der Waals surface area (Å²) in [5.41, 5.74) is -0.119. The average molecular weight is 220 g/mol. The molecule has 0 atom stereocenters. The van der Waals surface area contributed by atoms with E-state index in [-0.39, 0.29) is 17.0 Å². The van der Waals surface area contributed by atoms with E-state index in [2.05, 4.69) is 0 Å². The summed E-state index contributed by atoms with van der Waals surface area (Å²) < 4.78 is 0. The van der Waals surface area contributed by atoms with Gasteiger partial charge in [0.25, 0.3) is 0 Å². The van der Waals surface area contributed by atoms with Crippen molar-refractivity contribution in [2.45, 2.75) is 20.3 Å². The van der Waals surface area contributed by atoms with E-state index < -0.39 is 11.9 Å². The standard InChI is InChI=1S/C12H14O4/c1-7(2)6-8-4-3-5-9(11(13)14)10(8)12(15)16/h3-5,7H,6H2,1-2H3,(H,13,14)(H,15,16)/p-2. The Morgan fingerprint density at radius 2 is 1.81 bits per heavy atom. The molecule has 0 fully saturated rings. The number of aromatic carboxylic acids is 2. The molecule has 0 spiro atoms. The highest BCUT2D eigenvalue weighted by Gasteiger charge is 2.11. The molecule has 16 heavy (non-hydrogen) atoms. The van der Waals surface area contributed by atoms with E-state index in [0.717, 1.165) is 0 Å². The summed E-state index contributed by atoms with van der Waals surface area (Å²) in [4.78, 5) is 21.7. The summed E-state index contributed by atoms with van der Waals surface area (Å²) in [7, 11) is 0. The smallest absolute Gasteiger partial charge is 0.0724 e. The van der Waals surface area contributed by atoms with Gasteiger partial charge in [0, 0.05) is 11.1 Å². The van der Waals surface area contributed by atoms with Gasteiger partial charge in [0.05, 0.1) is 11.9 Å². The monoisotopic (exact) mass is 220 g/mol. The molecule has 0 unspecified atom stereocenters. The van der Waals surface area contributed by atoms with Crippen molar-refractivity contribution < 1.29 is 19.8 Å². The van der Waals surface area contributed by atoms with Crippen LogP contribution in [0.4, 0.5) is 0 Å². The number of carbonyl (C=O) groups is 2. The average Bonchev–Trinajstić information content (AvgIpc) is 2.15. The van der Waals surface area contributed by atoms with Crippen molar-refractivity contribution in [1.29, 1.82) is 0 Å². The summed E-state index contributed by atoms with van der Waals surface area (Å²) in [5.74, 6) is -2.74. The van der Waals surface area contributed by atoms with E-state index >= 15 is 0 Å². The van der Waals surface area contributed by atoms with Crippen molar-refractivity contribution in [3.63, 3.8) is 0 Å². The molecule has 0 radical (unpaired) electrons. The van der Waals surface area contributed by atoms with Crippen LogP contribution in [0.5, 0.6) is 0 Å². The minimum Gasteiger partial charge on any atom is -0.545 e. The first kappa shape index (κ1) is 12.2.